The van der Waals surface area contributed by atoms with Crippen molar-refractivity contribution in [2.75, 3.05) is 26.7 Å². The Morgan fingerprint density at radius 1 is 1.29 bits per heavy atom. The minimum atomic E-state index is -0.438. The molecule has 1 saturated heterocycles. The first-order chi connectivity index (χ1) is 11.1. The van der Waals surface area contributed by atoms with Crippen LogP contribution in [-0.2, 0) is 6.54 Å². The Morgan fingerprint density at radius 3 is 2.79 bits per heavy atom. The summed E-state index contributed by atoms with van der Waals surface area (Å²) in [5.41, 5.74) is 0.292. The van der Waals surface area contributed by atoms with E-state index >= 15 is 0 Å². The molecule has 1 atom stereocenters. The maximum atomic E-state index is 13.6. The summed E-state index contributed by atoms with van der Waals surface area (Å²) in [7, 11) is 1.68. The summed E-state index contributed by atoms with van der Waals surface area (Å²) in [6, 6.07) is 3.96. The largest absolute Gasteiger partial charge is 0.355 e. The average Bonchev–Trinajstić information content (AvgIpc) is 2.58. The number of benzene rings is 1. The number of piperidine rings is 1. The maximum Gasteiger partial charge on any atom is 0.191 e. The first-order valence-electron chi connectivity index (χ1n) is 8.26. The Labute approximate surface area is 160 Å². The first kappa shape index (κ1) is 21.1. The molecular formula is C17H27F2IN4. The van der Waals surface area contributed by atoms with Crippen molar-refractivity contribution >= 4 is 29.9 Å². The van der Waals surface area contributed by atoms with Gasteiger partial charge >= 0.3 is 0 Å². The third-order valence-corrected chi connectivity index (χ3v) is 4.34. The zero-order chi connectivity index (χ0) is 16.7. The number of guanidine groups is 1. The third-order valence-electron chi connectivity index (χ3n) is 4.34. The number of hydrogen-bond donors (Lipinski definition) is 2. The van der Waals surface area contributed by atoms with E-state index in [2.05, 4.69) is 27.4 Å². The summed E-state index contributed by atoms with van der Waals surface area (Å²) in [6.07, 6.45) is 3.69. The highest BCUT2D eigenvalue weighted by Crippen LogP contribution is 2.15. The maximum absolute atomic E-state index is 13.6. The van der Waals surface area contributed by atoms with Crippen LogP contribution in [0.2, 0.25) is 0 Å². The summed E-state index contributed by atoms with van der Waals surface area (Å²) < 4.78 is 26.8. The Kier molecular flexibility index (Phi) is 9.50. The highest BCUT2D eigenvalue weighted by molar-refractivity contribution is 14.0. The van der Waals surface area contributed by atoms with Gasteiger partial charge in [0.1, 0.15) is 11.6 Å². The number of halogens is 3. The van der Waals surface area contributed by atoms with Gasteiger partial charge in [-0.1, -0.05) is 13.3 Å². The van der Waals surface area contributed by atoms with E-state index in [4.69, 9.17) is 0 Å². The van der Waals surface area contributed by atoms with Crippen LogP contribution in [0.3, 0.4) is 0 Å². The van der Waals surface area contributed by atoms with Crippen LogP contribution in [0, 0.1) is 11.6 Å². The quantitative estimate of drug-likeness (QED) is 0.410. The highest BCUT2D eigenvalue weighted by atomic mass is 127. The number of likely N-dealkylation sites (tertiary alicyclic amines) is 1. The smallest absolute Gasteiger partial charge is 0.191 e. The molecule has 0 aliphatic carbocycles. The van der Waals surface area contributed by atoms with Crippen LogP contribution in [0.15, 0.2) is 23.2 Å². The number of nitrogens with one attached hydrogen (secondary N) is 2. The van der Waals surface area contributed by atoms with E-state index in [1.807, 2.05) is 0 Å². The molecule has 1 unspecified atom stereocenters. The molecule has 1 heterocycles. The van der Waals surface area contributed by atoms with Crippen LogP contribution >= 0.6 is 24.0 Å². The Bertz CT molecular complexity index is 539. The zero-order valence-electron chi connectivity index (χ0n) is 14.3. The molecule has 1 fully saturated rings. The second-order valence-corrected chi connectivity index (χ2v) is 5.82. The van der Waals surface area contributed by atoms with Crippen LogP contribution < -0.4 is 10.6 Å². The van der Waals surface area contributed by atoms with Gasteiger partial charge in [-0.2, -0.15) is 0 Å². The molecular weight excluding hydrogens is 425 g/mol. The summed E-state index contributed by atoms with van der Waals surface area (Å²) in [4.78, 5) is 6.62. The van der Waals surface area contributed by atoms with Gasteiger partial charge in [0.05, 0.1) is 0 Å². The second-order valence-electron chi connectivity index (χ2n) is 5.82. The van der Waals surface area contributed by atoms with E-state index in [0.717, 1.165) is 31.8 Å². The number of hydrogen-bond acceptors (Lipinski definition) is 2. The van der Waals surface area contributed by atoms with Crippen molar-refractivity contribution in [3.05, 3.63) is 35.4 Å². The van der Waals surface area contributed by atoms with Crippen LogP contribution in [0.4, 0.5) is 8.78 Å². The number of aliphatic imine (C=N–C) groups is 1. The molecule has 2 rings (SSSR count). The van der Waals surface area contributed by atoms with Gasteiger partial charge in [0.2, 0.25) is 0 Å². The SMILES string of the molecule is CCN1CCCCC1CNC(=NC)NCc1cc(F)ccc1F.I. The van der Waals surface area contributed by atoms with E-state index in [0.29, 0.717) is 17.6 Å². The summed E-state index contributed by atoms with van der Waals surface area (Å²) >= 11 is 0. The van der Waals surface area contributed by atoms with Gasteiger partial charge in [-0.3, -0.25) is 9.89 Å². The molecule has 2 N–H and O–H groups in total. The van der Waals surface area contributed by atoms with E-state index < -0.39 is 11.6 Å². The van der Waals surface area contributed by atoms with E-state index in [-0.39, 0.29) is 30.5 Å². The lowest BCUT2D eigenvalue weighted by Gasteiger charge is -2.35. The Morgan fingerprint density at radius 2 is 2.08 bits per heavy atom. The Balaban J connectivity index is 0.00000288. The predicted molar refractivity (Wildman–Crippen MR) is 105 cm³/mol. The van der Waals surface area contributed by atoms with Crippen molar-refractivity contribution in [3.8, 4) is 0 Å². The predicted octanol–water partition coefficient (Wildman–Crippen LogP) is 3.12. The van der Waals surface area contributed by atoms with Gasteiger partial charge in [-0.05, 0) is 44.1 Å². The van der Waals surface area contributed by atoms with Crippen LogP contribution in [0.25, 0.3) is 0 Å². The van der Waals surface area contributed by atoms with E-state index in [1.54, 1.807) is 7.05 Å². The number of likely N-dealkylation sites (N-methyl/N-ethyl adjacent to an activating group) is 1. The Hall–Kier alpha value is -0.960. The molecule has 0 aromatic heterocycles. The van der Waals surface area contributed by atoms with Crippen molar-refractivity contribution in [3.63, 3.8) is 0 Å². The molecule has 7 heteroatoms. The number of nitrogens with zero attached hydrogens (tertiary/aromatic N) is 2. The number of rotatable bonds is 5. The fourth-order valence-corrected chi connectivity index (χ4v) is 3.00. The van der Waals surface area contributed by atoms with Crippen LogP contribution in [0.1, 0.15) is 31.7 Å². The van der Waals surface area contributed by atoms with E-state index in [1.165, 1.54) is 25.3 Å². The molecule has 1 aliphatic heterocycles. The molecule has 1 aromatic rings. The van der Waals surface area contributed by atoms with Gasteiger partial charge in [-0.25, -0.2) is 8.78 Å². The lowest BCUT2D eigenvalue weighted by Crippen LogP contribution is -2.48. The molecule has 1 aromatic carbocycles. The summed E-state index contributed by atoms with van der Waals surface area (Å²) in [6.45, 7) is 5.37. The van der Waals surface area contributed by atoms with Gasteiger partial charge < -0.3 is 10.6 Å². The fourth-order valence-electron chi connectivity index (χ4n) is 3.00. The molecule has 0 radical (unpaired) electrons. The molecule has 0 bridgehead atoms. The molecule has 24 heavy (non-hydrogen) atoms. The van der Waals surface area contributed by atoms with Crippen molar-refractivity contribution in [2.24, 2.45) is 4.99 Å². The minimum Gasteiger partial charge on any atom is -0.355 e. The van der Waals surface area contributed by atoms with Gasteiger partial charge in [-0.15, -0.1) is 24.0 Å². The molecule has 0 amide bonds. The molecule has 0 spiro atoms. The molecule has 4 nitrogen and oxygen atoms in total. The van der Waals surface area contributed by atoms with Crippen molar-refractivity contribution in [1.29, 1.82) is 0 Å². The van der Waals surface area contributed by atoms with Crippen LogP contribution in [-0.4, -0.2) is 43.6 Å². The normalized spacial score (nSPS) is 18.8. The zero-order valence-corrected chi connectivity index (χ0v) is 16.6. The molecule has 136 valence electrons. The minimum absolute atomic E-state index is 0. The summed E-state index contributed by atoms with van der Waals surface area (Å²) in [5, 5.41) is 6.33. The average molecular weight is 452 g/mol. The van der Waals surface area contributed by atoms with Crippen molar-refractivity contribution < 1.29 is 8.78 Å². The first-order valence-corrected chi connectivity index (χ1v) is 8.26. The lowest BCUT2D eigenvalue weighted by atomic mass is 10.0. The molecule has 1 aliphatic rings. The topological polar surface area (TPSA) is 39.7 Å². The third kappa shape index (κ3) is 6.16. The highest BCUT2D eigenvalue weighted by Gasteiger charge is 2.20. The fraction of sp³-hybridized carbons (Fsp3) is 0.588. The van der Waals surface area contributed by atoms with Crippen molar-refractivity contribution in [1.82, 2.24) is 15.5 Å². The lowest BCUT2D eigenvalue weighted by molar-refractivity contribution is 0.157. The molecule has 0 saturated carbocycles. The van der Waals surface area contributed by atoms with Gasteiger partial charge in [0, 0.05) is 31.7 Å². The summed E-state index contributed by atoms with van der Waals surface area (Å²) in [5.74, 6) is -0.249. The van der Waals surface area contributed by atoms with Crippen LogP contribution in [0.5, 0.6) is 0 Å². The van der Waals surface area contributed by atoms with Gasteiger partial charge in [0.15, 0.2) is 5.96 Å². The monoisotopic (exact) mass is 452 g/mol. The van der Waals surface area contributed by atoms with Crippen molar-refractivity contribution in [2.45, 2.75) is 38.8 Å². The van der Waals surface area contributed by atoms with E-state index in [9.17, 15) is 8.78 Å². The standard InChI is InChI=1S/C17H26F2N4.HI/c1-3-23-9-5-4-6-15(23)12-22-17(20-2)21-11-13-10-14(18)7-8-16(13)19;/h7-8,10,15H,3-6,9,11-12H2,1-2H3,(H2,20,21,22);1H. The second kappa shape index (κ2) is 10.8. The van der Waals surface area contributed by atoms with Gasteiger partial charge in [0.25, 0.3) is 0 Å².